The molecular formula is C19H19F3N2O2S. The van der Waals surface area contributed by atoms with E-state index in [4.69, 9.17) is 4.74 Å². The number of alkyl halides is 3. The van der Waals surface area contributed by atoms with Gasteiger partial charge in [-0.15, -0.1) is 11.3 Å². The molecule has 2 aromatic heterocycles. The van der Waals surface area contributed by atoms with E-state index in [1.807, 2.05) is 17.5 Å². The SMILES string of the molecule is O=C(N1CC(Oc2cccc(C(F)(F)F)n2)C1)C1(c2cccs2)CCCC1. The van der Waals surface area contributed by atoms with Crippen LogP contribution in [0.2, 0.25) is 0 Å². The third-order valence-corrected chi connectivity index (χ3v) is 6.37. The Balaban J connectivity index is 1.40. The smallest absolute Gasteiger partial charge is 0.433 e. The zero-order valence-corrected chi connectivity index (χ0v) is 15.4. The quantitative estimate of drug-likeness (QED) is 0.775. The van der Waals surface area contributed by atoms with Crippen molar-refractivity contribution < 1.29 is 22.7 Å². The van der Waals surface area contributed by atoms with E-state index in [1.54, 1.807) is 16.2 Å². The lowest BCUT2D eigenvalue weighted by Gasteiger charge is -2.43. The van der Waals surface area contributed by atoms with Crippen LogP contribution in [0.1, 0.15) is 36.3 Å². The topological polar surface area (TPSA) is 42.4 Å². The third kappa shape index (κ3) is 3.42. The molecule has 3 heterocycles. The molecule has 0 N–H and O–H groups in total. The first kappa shape index (κ1) is 18.3. The second-order valence-electron chi connectivity index (χ2n) is 7.08. The van der Waals surface area contributed by atoms with Gasteiger partial charge in [-0.3, -0.25) is 4.79 Å². The number of hydrogen-bond donors (Lipinski definition) is 0. The van der Waals surface area contributed by atoms with Crippen LogP contribution in [0.5, 0.6) is 5.88 Å². The highest BCUT2D eigenvalue weighted by Crippen LogP contribution is 2.45. The molecule has 2 aromatic rings. The first-order valence-corrected chi connectivity index (χ1v) is 9.81. The fourth-order valence-electron chi connectivity index (χ4n) is 3.89. The van der Waals surface area contributed by atoms with Crippen LogP contribution < -0.4 is 4.74 Å². The second-order valence-corrected chi connectivity index (χ2v) is 8.02. The number of thiophene rings is 1. The van der Waals surface area contributed by atoms with E-state index in [0.29, 0.717) is 13.1 Å². The van der Waals surface area contributed by atoms with Gasteiger partial charge in [-0.05, 0) is 30.4 Å². The Morgan fingerprint density at radius 3 is 2.56 bits per heavy atom. The molecule has 4 nitrogen and oxygen atoms in total. The lowest BCUT2D eigenvalue weighted by molar-refractivity contribution is -0.146. The van der Waals surface area contributed by atoms with Crippen molar-refractivity contribution in [2.24, 2.45) is 0 Å². The van der Waals surface area contributed by atoms with Gasteiger partial charge in [0.15, 0.2) is 0 Å². The van der Waals surface area contributed by atoms with Crippen molar-refractivity contribution in [1.82, 2.24) is 9.88 Å². The molecule has 1 aliphatic carbocycles. The summed E-state index contributed by atoms with van der Waals surface area (Å²) in [5.41, 5.74) is -1.41. The summed E-state index contributed by atoms with van der Waals surface area (Å²) in [6, 6.07) is 7.58. The molecule has 0 radical (unpaired) electrons. The average Bonchev–Trinajstić information content (AvgIpc) is 3.28. The molecule has 27 heavy (non-hydrogen) atoms. The van der Waals surface area contributed by atoms with Crippen molar-refractivity contribution in [3.8, 4) is 5.88 Å². The number of rotatable bonds is 4. The largest absolute Gasteiger partial charge is 0.471 e. The molecule has 0 atom stereocenters. The summed E-state index contributed by atoms with van der Waals surface area (Å²) in [5.74, 6) is 0.0510. The van der Waals surface area contributed by atoms with Crippen LogP contribution in [0.15, 0.2) is 35.7 Å². The van der Waals surface area contributed by atoms with E-state index in [1.165, 1.54) is 12.1 Å². The van der Waals surface area contributed by atoms with Crippen molar-refractivity contribution >= 4 is 17.2 Å². The number of ether oxygens (including phenoxy) is 1. The molecule has 0 spiro atoms. The zero-order valence-electron chi connectivity index (χ0n) is 14.5. The van der Waals surface area contributed by atoms with Gasteiger partial charge < -0.3 is 9.64 Å². The Hall–Kier alpha value is -2.09. The maximum absolute atomic E-state index is 13.1. The van der Waals surface area contributed by atoms with Crippen LogP contribution >= 0.6 is 11.3 Å². The number of halogens is 3. The molecule has 1 saturated carbocycles. The monoisotopic (exact) mass is 396 g/mol. The number of likely N-dealkylation sites (tertiary alicyclic amines) is 1. The third-order valence-electron chi connectivity index (χ3n) is 5.30. The standard InChI is InChI=1S/C19H19F3N2O2S/c20-19(21,22)14-5-3-7-16(23-14)26-13-11-24(12-13)17(25)18(8-1-2-9-18)15-6-4-10-27-15/h3-7,10,13H,1-2,8-9,11-12H2. The molecule has 1 saturated heterocycles. The highest BCUT2D eigenvalue weighted by atomic mass is 32.1. The first-order chi connectivity index (χ1) is 12.9. The number of amides is 1. The summed E-state index contributed by atoms with van der Waals surface area (Å²) >= 11 is 1.61. The lowest BCUT2D eigenvalue weighted by atomic mass is 9.82. The molecule has 8 heteroatoms. The van der Waals surface area contributed by atoms with Gasteiger partial charge in [-0.2, -0.15) is 13.2 Å². The van der Waals surface area contributed by atoms with Gasteiger partial charge >= 0.3 is 6.18 Å². The summed E-state index contributed by atoms with van der Waals surface area (Å²) in [6.07, 6.45) is -1.06. The fourth-order valence-corrected chi connectivity index (χ4v) is 4.86. The van der Waals surface area contributed by atoms with Crippen molar-refractivity contribution in [2.75, 3.05) is 13.1 Å². The minimum absolute atomic E-state index is 0.0595. The highest BCUT2D eigenvalue weighted by Gasteiger charge is 2.48. The molecule has 1 aliphatic heterocycles. The predicted molar refractivity (Wildman–Crippen MR) is 94.7 cm³/mol. The van der Waals surface area contributed by atoms with Crippen LogP contribution in [-0.4, -0.2) is 35.0 Å². The van der Waals surface area contributed by atoms with E-state index in [9.17, 15) is 18.0 Å². The Morgan fingerprint density at radius 1 is 1.19 bits per heavy atom. The van der Waals surface area contributed by atoms with Gasteiger partial charge in [0.05, 0.1) is 18.5 Å². The van der Waals surface area contributed by atoms with Crippen LogP contribution in [-0.2, 0) is 16.4 Å². The Morgan fingerprint density at radius 2 is 1.93 bits per heavy atom. The van der Waals surface area contributed by atoms with Gasteiger partial charge in [0.2, 0.25) is 11.8 Å². The maximum Gasteiger partial charge on any atom is 0.433 e. The summed E-state index contributed by atoms with van der Waals surface area (Å²) in [5, 5.41) is 1.99. The molecule has 4 rings (SSSR count). The van der Waals surface area contributed by atoms with Gasteiger partial charge in [0.25, 0.3) is 0 Å². The van der Waals surface area contributed by atoms with Gasteiger partial charge in [0, 0.05) is 10.9 Å². The predicted octanol–water partition coefficient (Wildman–Crippen LogP) is 4.26. The van der Waals surface area contributed by atoms with Gasteiger partial charge in [-0.25, -0.2) is 4.98 Å². The minimum Gasteiger partial charge on any atom is -0.471 e. The molecule has 2 aliphatic rings. The van der Waals surface area contributed by atoms with E-state index in [-0.39, 0.29) is 17.9 Å². The van der Waals surface area contributed by atoms with E-state index in [0.717, 1.165) is 36.6 Å². The number of carbonyl (C=O) groups excluding carboxylic acids is 1. The number of aromatic nitrogens is 1. The zero-order chi connectivity index (χ0) is 19.1. The number of hydrogen-bond acceptors (Lipinski definition) is 4. The van der Waals surface area contributed by atoms with Crippen LogP contribution in [0.4, 0.5) is 13.2 Å². The van der Waals surface area contributed by atoms with E-state index >= 15 is 0 Å². The molecule has 144 valence electrons. The fraction of sp³-hybridized carbons (Fsp3) is 0.474. The van der Waals surface area contributed by atoms with Gasteiger partial charge in [-0.1, -0.05) is 25.0 Å². The normalized spacial score (nSPS) is 19.7. The van der Waals surface area contributed by atoms with Crippen LogP contribution in [0.3, 0.4) is 0 Å². The molecule has 0 aromatic carbocycles. The molecule has 0 unspecified atom stereocenters. The Kier molecular flexibility index (Phi) is 4.61. The second kappa shape index (κ2) is 6.82. The van der Waals surface area contributed by atoms with Crippen molar-refractivity contribution in [3.05, 3.63) is 46.3 Å². The summed E-state index contributed by atoms with van der Waals surface area (Å²) in [7, 11) is 0. The van der Waals surface area contributed by atoms with E-state index < -0.39 is 17.3 Å². The minimum atomic E-state index is -4.50. The molecular weight excluding hydrogens is 377 g/mol. The lowest BCUT2D eigenvalue weighted by Crippen LogP contribution is -2.60. The van der Waals surface area contributed by atoms with Crippen molar-refractivity contribution in [1.29, 1.82) is 0 Å². The Labute approximate surface area is 159 Å². The van der Waals surface area contributed by atoms with Gasteiger partial charge in [0.1, 0.15) is 11.8 Å². The summed E-state index contributed by atoms with van der Waals surface area (Å²) in [6.45, 7) is 0.758. The number of carbonyl (C=O) groups is 1. The first-order valence-electron chi connectivity index (χ1n) is 8.93. The maximum atomic E-state index is 13.1. The highest BCUT2D eigenvalue weighted by molar-refractivity contribution is 7.10. The average molecular weight is 396 g/mol. The summed E-state index contributed by atoms with van der Waals surface area (Å²) in [4.78, 5) is 19.5. The molecule has 2 fully saturated rings. The number of pyridine rings is 1. The Bertz CT molecular complexity index is 811. The van der Waals surface area contributed by atoms with Crippen molar-refractivity contribution in [3.63, 3.8) is 0 Å². The van der Waals surface area contributed by atoms with Crippen molar-refractivity contribution in [2.45, 2.75) is 43.4 Å². The van der Waals surface area contributed by atoms with Crippen LogP contribution in [0.25, 0.3) is 0 Å². The van der Waals surface area contributed by atoms with Crippen LogP contribution in [0, 0.1) is 0 Å². The number of nitrogens with zero attached hydrogens (tertiary/aromatic N) is 2. The van der Waals surface area contributed by atoms with E-state index in [2.05, 4.69) is 4.98 Å². The summed E-state index contributed by atoms with van der Waals surface area (Å²) < 4.78 is 43.8. The molecule has 1 amide bonds. The molecule has 0 bridgehead atoms.